The molecule has 2 heterocycles. The molecule has 1 aromatic rings. The maximum Gasteiger partial charge on any atom is 0.239 e. The van der Waals surface area contributed by atoms with Crippen LogP contribution >= 0.6 is 24.2 Å². The molecule has 0 bridgehead atoms. The quantitative estimate of drug-likeness (QED) is 0.841. The van der Waals surface area contributed by atoms with Crippen LogP contribution in [0.25, 0.3) is 0 Å². The van der Waals surface area contributed by atoms with Gasteiger partial charge in [-0.15, -0.1) is 17.5 Å². The fraction of sp³-hybridized carbons (Fsp3) is 0.769. The molecule has 2 N–H and O–H groups in total. The van der Waals surface area contributed by atoms with Crippen molar-refractivity contribution in [2.45, 2.75) is 31.8 Å². The molecule has 21 heavy (non-hydrogen) atoms. The molecule has 0 aromatic carbocycles. The Labute approximate surface area is 136 Å². The molecule has 6 nitrogen and oxygen atoms in total. The summed E-state index contributed by atoms with van der Waals surface area (Å²) in [5.41, 5.74) is 5.98. The maximum absolute atomic E-state index is 12.3. The van der Waals surface area contributed by atoms with Gasteiger partial charge in [0.05, 0.1) is 12.2 Å². The number of amides is 1. The highest BCUT2D eigenvalue weighted by molar-refractivity contribution is 7.98. The van der Waals surface area contributed by atoms with Gasteiger partial charge in [0.1, 0.15) is 0 Å². The molecule has 0 saturated carbocycles. The number of nitrogens with two attached hydrogens (primary N) is 1. The minimum atomic E-state index is -0.354. The van der Waals surface area contributed by atoms with Crippen molar-refractivity contribution in [3.8, 4) is 0 Å². The van der Waals surface area contributed by atoms with Crippen LogP contribution in [0.3, 0.4) is 0 Å². The molecule has 120 valence electrons. The zero-order valence-corrected chi connectivity index (χ0v) is 14.0. The van der Waals surface area contributed by atoms with Crippen molar-refractivity contribution < 1.29 is 4.79 Å². The van der Waals surface area contributed by atoms with Crippen LogP contribution in [0.5, 0.6) is 0 Å². The molecule has 0 spiro atoms. The number of hydrogen-bond acceptors (Lipinski definition) is 5. The Balaban J connectivity index is 0.00000220. The molecule has 1 aliphatic heterocycles. The number of nitrogens with zero attached hydrogens (tertiary/aromatic N) is 4. The fourth-order valence-electron chi connectivity index (χ4n) is 2.61. The third-order valence-corrected chi connectivity index (χ3v) is 4.34. The van der Waals surface area contributed by atoms with Crippen molar-refractivity contribution in [3.63, 3.8) is 0 Å². The molecule has 0 aliphatic carbocycles. The SMILES string of the molecule is CSCC[C@H](N)C(=O)N1CCCC(Cn2ccnn2)C1.Cl. The van der Waals surface area contributed by atoms with Crippen LogP contribution in [0.15, 0.2) is 12.4 Å². The van der Waals surface area contributed by atoms with E-state index in [0.29, 0.717) is 5.92 Å². The smallest absolute Gasteiger partial charge is 0.239 e. The van der Waals surface area contributed by atoms with Gasteiger partial charge in [0.25, 0.3) is 0 Å². The second-order valence-corrected chi connectivity index (χ2v) is 6.29. The third kappa shape index (κ3) is 5.48. The average molecular weight is 334 g/mol. The van der Waals surface area contributed by atoms with Gasteiger partial charge in [-0.25, -0.2) is 0 Å². The van der Waals surface area contributed by atoms with Gasteiger partial charge in [-0.3, -0.25) is 9.48 Å². The summed E-state index contributed by atoms with van der Waals surface area (Å²) in [5.74, 6) is 1.48. The van der Waals surface area contributed by atoms with E-state index in [9.17, 15) is 4.79 Å². The highest BCUT2D eigenvalue weighted by atomic mass is 35.5. The molecule has 2 rings (SSSR count). The number of likely N-dealkylation sites (tertiary alicyclic amines) is 1. The van der Waals surface area contributed by atoms with Crippen molar-refractivity contribution in [1.82, 2.24) is 19.9 Å². The summed E-state index contributed by atoms with van der Waals surface area (Å²) >= 11 is 1.73. The van der Waals surface area contributed by atoms with Gasteiger partial charge in [0.15, 0.2) is 0 Å². The highest BCUT2D eigenvalue weighted by Crippen LogP contribution is 2.19. The van der Waals surface area contributed by atoms with Crippen molar-refractivity contribution in [3.05, 3.63) is 12.4 Å². The van der Waals surface area contributed by atoms with Gasteiger partial charge in [-0.2, -0.15) is 11.8 Å². The van der Waals surface area contributed by atoms with E-state index in [0.717, 1.165) is 44.6 Å². The van der Waals surface area contributed by atoms with Crippen LogP contribution in [0, 0.1) is 5.92 Å². The van der Waals surface area contributed by atoms with E-state index in [4.69, 9.17) is 5.73 Å². The predicted octanol–water partition coefficient (Wildman–Crippen LogP) is 1.02. The number of carbonyl (C=O) groups excluding carboxylic acids is 1. The van der Waals surface area contributed by atoms with Crippen LogP contribution in [0.2, 0.25) is 0 Å². The van der Waals surface area contributed by atoms with Crippen LogP contribution in [0.1, 0.15) is 19.3 Å². The lowest BCUT2D eigenvalue weighted by molar-refractivity contribution is -0.134. The lowest BCUT2D eigenvalue weighted by Gasteiger charge is -2.34. The summed E-state index contributed by atoms with van der Waals surface area (Å²) in [4.78, 5) is 14.2. The first-order chi connectivity index (χ1) is 9.70. The minimum Gasteiger partial charge on any atom is -0.341 e. The Hall–Kier alpha value is -0.790. The molecule has 1 unspecified atom stereocenters. The minimum absolute atomic E-state index is 0. The Morgan fingerprint density at radius 3 is 3.05 bits per heavy atom. The van der Waals surface area contributed by atoms with E-state index in [-0.39, 0.29) is 24.4 Å². The monoisotopic (exact) mass is 333 g/mol. The van der Waals surface area contributed by atoms with Crippen LogP contribution in [-0.2, 0) is 11.3 Å². The maximum atomic E-state index is 12.3. The van der Waals surface area contributed by atoms with Crippen molar-refractivity contribution in [2.24, 2.45) is 11.7 Å². The number of halogens is 1. The van der Waals surface area contributed by atoms with Crippen LogP contribution < -0.4 is 5.73 Å². The van der Waals surface area contributed by atoms with Crippen LogP contribution in [-0.4, -0.2) is 56.9 Å². The molecule has 1 fully saturated rings. The van der Waals surface area contributed by atoms with E-state index < -0.39 is 0 Å². The summed E-state index contributed by atoms with van der Waals surface area (Å²) < 4.78 is 1.84. The zero-order valence-electron chi connectivity index (χ0n) is 12.4. The largest absolute Gasteiger partial charge is 0.341 e. The average Bonchev–Trinajstić information content (AvgIpc) is 2.97. The number of carbonyl (C=O) groups is 1. The predicted molar refractivity (Wildman–Crippen MR) is 87.5 cm³/mol. The topological polar surface area (TPSA) is 77.0 Å². The van der Waals surface area contributed by atoms with Gasteiger partial charge in [-0.05, 0) is 37.2 Å². The van der Waals surface area contributed by atoms with Gasteiger partial charge in [-0.1, -0.05) is 5.21 Å². The fourth-order valence-corrected chi connectivity index (χ4v) is 3.10. The van der Waals surface area contributed by atoms with E-state index in [1.165, 1.54) is 0 Å². The molecule has 1 aromatic heterocycles. The van der Waals surface area contributed by atoms with E-state index in [2.05, 4.69) is 10.3 Å². The second-order valence-electron chi connectivity index (χ2n) is 5.31. The Morgan fingerprint density at radius 2 is 2.38 bits per heavy atom. The van der Waals surface area contributed by atoms with Gasteiger partial charge < -0.3 is 10.6 Å². The standard InChI is InChI=1S/C13H23N5OS.ClH/c1-20-8-4-12(14)13(19)17-6-2-3-11(9-17)10-18-7-5-15-16-18;/h5,7,11-12H,2-4,6,8-10,14H2,1H3;1H/t11?,12-;/m0./s1. The summed E-state index contributed by atoms with van der Waals surface area (Å²) in [6, 6.07) is -0.354. The summed E-state index contributed by atoms with van der Waals surface area (Å²) in [5, 5.41) is 7.81. The normalized spacial score (nSPS) is 19.9. The van der Waals surface area contributed by atoms with Gasteiger partial charge in [0, 0.05) is 25.8 Å². The number of hydrogen-bond donors (Lipinski definition) is 1. The lowest BCUT2D eigenvalue weighted by atomic mass is 9.97. The molecule has 8 heteroatoms. The van der Waals surface area contributed by atoms with E-state index >= 15 is 0 Å². The highest BCUT2D eigenvalue weighted by Gasteiger charge is 2.27. The number of aromatic nitrogens is 3. The molecular formula is C13H24ClN5OS. The van der Waals surface area contributed by atoms with Crippen LogP contribution in [0.4, 0.5) is 0 Å². The molecular weight excluding hydrogens is 310 g/mol. The number of rotatable bonds is 6. The Bertz CT molecular complexity index is 417. The zero-order chi connectivity index (χ0) is 14.4. The first-order valence-corrected chi connectivity index (χ1v) is 8.47. The van der Waals surface area contributed by atoms with Gasteiger partial charge in [0.2, 0.25) is 5.91 Å². The van der Waals surface area contributed by atoms with Gasteiger partial charge >= 0.3 is 0 Å². The molecule has 1 saturated heterocycles. The number of thioether (sulfide) groups is 1. The van der Waals surface area contributed by atoms with Crippen molar-refractivity contribution in [1.29, 1.82) is 0 Å². The first kappa shape index (κ1) is 18.3. The van der Waals surface area contributed by atoms with Crippen molar-refractivity contribution >= 4 is 30.1 Å². The van der Waals surface area contributed by atoms with E-state index in [1.54, 1.807) is 18.0 Å². The molecule has 0 radical (unpaired) electrons. The molecule has 2 atom stereocenters. The number of piperidine rings is 1. The Kier molecular flexibility index (Phi) is 8.06. The lowest BCUT2D eigenvalue weighted by Crippen LogP contribution is -2.48. The second kappa shape index (κ2) is 9.27. The summed E-state index contributed by atoms with van der Waals surface area (Å²) in [6.07, 6.45) is 8.51. The molecule has 1 amide bonds. The Morgan fingerprint density at radius 1 is 1.57 bits per heavy atom. The summed E-state index contributed by atoms with van der Waals surface area (Å²) in [6.45, 7) is 2.44. The van der Waals surface area contributed by atoms with Crippen molar-refractivity contribution in [2.75, 3.05) is 25.1 Å². The third-order valence-electron chi connectivity index (χ3n) is 3.70. The molecule has 1 aliphatic rings. The summed E-state index contributed by atoms with van der Waals surface area (Å²) in [7, 11) is 0. The first-order valence-electron chi connectivity index (χ1n) is 7.08. The van der Waals surface area contributed by atoms with E-state index in [1.807, 2.05) is 22.0 Å².